The Balaban J connectivity index is 2.11. The van der Waals surface area contributed by atoms with Gasteiger partial charge in [-0.2, -0.15) is 18.3 Å². The highest BCUT2D eigenvalue weighted by Crippen LogP contribution is 2.29. The zero-order chi connectivity index (χ0) is 17.0. The summed E-state index contributed by atoms with van der Waals surface area (Å²) in [6.07, 6.45) is -3.40. The van der Waals surface area contributed by atoms with Crippen molar-refractivity contribution >= 4 is 23.7 Å². The van der Waals surface area contributed by atoms with Crippen LogP contribution in [0.4, 0.5) is 13.2 Å². The van der Waals surface area contributed by atoms with Crippen LogP contribution in [-0.4, -0.2) is 17.2 Å². The predicted octanol–water partition coefficient (Wildman–Crippen LogP) is 3.83. The van der Waals surface area contributed by atoms with Crippen LogP contribution in [0.5, 0.6) is 5.75 Å². The number of aromatic hydroxyl groups is 1. The van der Waals surface area contributed by atoms with Crippen LogP contribution < -0.4 is 5.43 Å². The Hall–Kier alpha value is -2.54. The van der Waals surface area contributed by atoms with Gasteiger partial charge in [-0.25, -0.2) is 5.43 Å². The highest BCUT2D eigenvalue weighted by molar-refractivity contribution is 6.32. The van der Waals surface area contributed by atoms with Crippen molar-refractivity contribution in [2.75, 3.05) is 0 Å². The maximum Gasteiger partial charge on any atom is 0.416 e. The van der Waals surface area contributed by atoms with Crippen LogP contribution in [0.25, 0.3) is 0 Å². The Bertz CT molecular complexity index is 761. The molecule has 2 N–H and O–H groups in total. The van der Waals surface area contributed by atoms with Crippen LogP contribution in [0.3, 0.4) is 0 Å². The van der Waals surface area contributed by atoms with Crippen molar-refractivity contribution < 1.29 is 23.1 Å². The molecule has 1 amide bonds. The van der Waals surface area contributed by atoms with E-state index in [0.29, 0.717) is 0 Å². The topological polar surface area (TPSA) is 61.7 Å². The first kappa shape index (κ1) is 16.8. The molecule has 0 unspecified atom stereocenters. The summed E-state index contributed by atoms with van der Waals surface area (Å²) in [5, 5.41) is 13.3. The molecule has 0 heterocycles. The van der Waals surface area contributed by atoms with Crippen molar-refractivity contribution in [3.8, 4) is 5.75 Å². The first-order valence-electron chi connectivity index (χ1n) is 6.27. The third-order valence-corrected chi connectivity index (χ3v) is 3.14. The summed E-state index contributed by atoms with van der Waals surface area (Å²) in [6, 6.07) is 8.49. The maximum absolute atomic E-state index is 12.6. The second-order valence-electron chi connectivity index (χ2n) is 4.46. The maximum atomic E-state index is 12.6. The molecular weight excluding hydrogens is 333 g/mol. The normalized spacial score (nSPS) is 11.7. The molecule has 23 heavy (non-hydrogen) atoms. The number of carbonyl (C=O) groups is 1. The number of halogens is 4. The Morgan fingerprint density at radius 3 is 2.61 bits per heavy atom. The second kappa shape index (κ2) is 6.70. The van der Waals surface area contributed by atoms with Crippen molar-refractivity contribution in [3.63, 3.8) is 0 Å². The van der Waals surface area contributed by atoms with Gasteiger partial charge >= 0.3 is 6.18 Å². The average molecular weight is 343 g/mol. The molecule has 0 aliphatic rings. The van der Waals surface area contributed by atoms with E-state index >= 15 is 0 Å². The minimum atomic E-state index is -4.54. The number of nitrogens with one attached hydrogen (secondary N) is 1. The van der Waals surface area contributed by atoms with Gasteiger partial charge in [0.1, 0.15) is 5.75 Å². The Kier molecular flexibility index (Phi) is 4.90. The number of phenolic OH excluding ortho intramolecular Hbond substituents is 1. The molecule has 0 spiro atoms. The molecule has 0 aromatic heterocycles. The summed E-state index contributed by atoms with van der Waals surface area (Å²) in [5.74, 6) is -1.03. The molecule has 8 heteroatoms. The van der Waals surface area contributed by atoms with Gasteiger partial charge in [0.2, 0.25) is 0 Å². The molecule has 0 aliphatic carbocycles. The molecule has 0 atom stereocenters. The molecule has 2 aromatic rings. The number of amides is 1. The van der Waals surface area contributed by atoms with Crippen molar-refractivity contribution in [2.45, 2.75) is 6.18 Å². The van der Waals surface area contributed by atoms with E-state index in [-0.39, 0.29) is 21.9 Å². The van der Waals surface area contributed by atoms with Gasteiger partial charge in [-0.15, -0.1) is 0 Å². The number of phenols is 1. The lowest BCUT2D eigenvalue weighted by molar-refractivity contribution is -0.137. The lowest BCUT2D eigenvalue weighted by atomic mass is 10.1. The molecule has 0 aliphatic heterocycles. The van der Waals surface area contributed by atoms with Crippen molar-refractivity contribution in [3.05, 3.63) is 64.2 Å². The Labute approximate surface area is 134 Å². The molecule has 2 rings (SSSR count). The van der Waals surface area contributed by atoms with Crippen LogP contribution >= 0.6 is 11.6 Å². The summed E-state index contributed by atoms with van der Waals surface area (Å²) in [6.45, 7) is 0. The van der Waals surface area contributed by atoms with Crippen LogP contribution in [0, 0.1) is 0 Å². The van der Waals surface area contributed by atoms with E-state index in [4.69, 9.17) is 11.6 Å². The fraction of sp³-hybridized carbons (Fsp3) is 0.0667. The van der Waals surface area contributed by atoms with Crippen LogP contribution in [-0.2, 0) is 6.18 Å². The lowest BCUT2D eigenvalue weighted by Crippen LogP contribution is -2.18. The summed E-state index contributed by atoms with van der Waals surface area (Å²) in [5.41, 5.74) is 1.22. The first-order valence-corrected chi connectivity index (χ1v) is 6.65. The quantitative estimate of drug-likeness (QED) is 0.658. The lowest BCUT2D eigenvalue weighted by Gasteiger charge is -2.07. The summed E-state index contributed by atoms with van der Waals surface area (Å²) < 4.78 is 37.8. The standard InChI is InChI=1S/C15H10ClF3N2O2/c16-12-6-2-4-10(13(12)22)8-20-21-14(23)9-3-1-5-11(7-9)15(17,18)19/h1-8,22H,(H,21,23)/b20-8+. The molecule has 0 saturated heterocycles. The molecule has 0 fully saturated rings. The minimum absolute atomic E-state index is 0.109. The average Bonchev–Trinajstić information content (AvgIpc) is 2.50. The number of hydrogen-bond donors (Lipinski definition) is 2. The van der Waals surface area contributed by atoms with Gasteiger partial charge in [0, 0.05) is 11.1 Å². The van der Waals surface area contributed by atoms with E-state index in [1.807, 2.05) is 0 Å². The zero-order valence-corrected chi connectivity index (χ0v) is 12.2. The van der Waals surface area contributed by atoms with Crippen LogP contribution in [0.2, 0.25) is 5.02 Å². The predicted molar refractivity (Wildman–Crippen MR) is 79.6 cm³/mol. The third-order valence-electron chi connectivity index (χ3n) is 2.84. The number of carbonyl (C=O) groups excluding carboxylic acids is 1. The van der Waals surface area contributed by atoms with Gasteiger partial charge < -0.3 is 5.11 Å². The minimum Gasteiger partial charge on any atom is -0.506 e. The monoisotopic (exact) mass is 342 g/mol. The Morgan fingerprint density at radius 1 is 1.22 bits per heavy atom. The molecule has 0 radical (unpaired) electrons. The van der Waals surface area contributed by atoms with Crippen LogP contribution in [0.15, 0.2) is 47.6 Å². The molecule has 0 bridgehead atoms. The van der Waals surface area contributed by atoms with E-state index in [0.717, 1.165) is 24.4 Å². The number of benzene rings is 2. The second-order valence-corrected chi connectivity index (χ2v) is 4.86. The van der Waals surface area contributed by atoms with Gasteiger partial charge in [-0.1, -0.05) is 23.7 Å². The van der Waals surface area contributed by atoms with Gasteiger partial charge in [0.25, 0.3) is 5.91 Å². The van der Waals surface area contributed by atoms with E-state index in [1.165, 1.54) is 18.2 Å². The number of alkyl halides is 3. The van der Waals surface area contributed by atoms with Gasteiger partial charge in [-0.3, -0.25) is 4.79 Å². The number of rotatable bonds is 3. The fourth-order valence-electron chi connectivity index (χ4n) is 1.70. The summed E-state index contributed by atoms with van der Waals surface area (Å²) in [4.78, 5) is 11.8. The van der Waals surface area contributed by atoms with Crippen LogP contribution in [0.1, 0.15) is 21.5 Å². The summed E-state index contributed by atoms with van der Waals surface area (Å²) >= 11 is 5.71. The highest BCUT2D eigenvalue weighted by atomic mass is 35.5. The molecule has 4 nitrogen and oxygen atoms in total. The molecule has 2 aromatic carbocycles. The van der Waals surface area contributed by atoms with Gasteiger partial charge in [-0.05, 0) is 30.3 Å². The summed E-state index contributed by atoms with van der Waals surface area (Å²) in [7, 11) is 0. The van der Waals surface area contributed by atoms with E-state index in [1.54, 1.807) is 6.07 Å². The number of hydrazone groups is 1. The first-order chi connectivity index (χ1) is 10.8. The fourth-order valence-corrected chi connectivity index (χ4v) is 1.88. The Morgan fingerprint density at radius 2 is 1.91 bits per heavy atom. The van der Waals surface area contributed by atoms with Gasteiger partial charge in [0.15, 0.2) is 0 Å². The molecule has 0 saturated carbocycles. The van der Waals surface area contributed by atoms with E-state index in [2.05, 4.69) is 10.5 Å². The van der Waals surface area contributed by atoms with Crippen molar-refractivity contribution in [1.29, 1.82) is 0 Å². The van der Waals surface area contributed by atoms with E-state index in [9.17, 15) is 23.1 Å². The van der Waals surface area contributed by atoms with Crippen molar-refractivity contribution in [2.24, 2.45) is 5.10 Å². The van der Waals surface area contributed by atoms with Gasteiger partial charge in [0.05, 0.1) is 16.8 Å². The third kappa shape index (κ3) is 4.23. The smallest absolute Gasteiger partial charge is 0.416 e. The molecule has 120 valence electrons. The molecular formula is C15H10ClF3N2O2. The van der Waals surface area contributed by atoms with Crippen molar-refractivity contribution in [1.82, 2.24) is 5.43 Å². The number of para-hydroxylation sites is 1. The zero-order valence-electron chi connectivity index (χ0n) is 11.4. The largest absolute Gasteiger partial charge is 0.506 e. The SMILES string of the molecule is O=C(N/N=C/c1cccc(Cl)c1O)c1cccc(C(F)(F)F)c1. The van der Waals surface area contributed by atoms with E-state index < -0.39 is 17.6 Å². The number of nitrogens with zero attached hydrogens (tertiary/aromatic N) is 1. The highest BCUT2D eigenvalue weighted by Gasteiger charge is 2.30. The number of hydrogen-bond acceptors (Lipinski definition) is 3.